The highest BCUT2D eigenvalue weighted by Gasteiger charge is 2.08. The molecule has 0 aliphatic carbocycles. The van der Waals surface area contributed by atoms with E-state index in [4.69, 9.17) is 9.47 Å². The van der Waals surface area contributed by atoms with Crippen LogP contribution in [0.15, 0.2) is 72.3 Å². The Bertz CT molecular complexity index is 1510. The van der Waals surface area contributed by atoms with Crippen molar-refractivity contribution in [2.45, 2.75) is 25.9 Å². The minimum atomic E-state index is -0.890. The van der Waals surface area contributed by atoms with E-state index in [0.717, 1.165) is 21.6 Å². The number of nitrogens with zero attached hydrogens (tertiary/aromatic N) is 4. The van der Waals surface area contributed by atoms with E-state index in [1.165, 1.54) is 4.68 Å². The maximum Gasteiger partial charge on any atom is 0.344 e. The van der Waals surface area contributed by atoms with E-state index in [0.29, 0.717) is 25.1 Å². The zero-order chi connectivity index (χ0) is 27.7. The number of halogens is 1. The number of rotatable bonds is 8. The Morgan fingerprint density at radius 1 is 0.763 bits per heavy atom. The van der Waals surface area contributed by atoms with Gasteiger partial charge < -0.3 is 14.6 Å². The van der Waals surface area contributed by atoms with E-state index in [1.807, 2.05) is 53.5 Å². The Labute approximate surface area is 223 Å². The first kappa shape index (κ1) is 28.1. The number of ether oxygens (including phenoxy) is 2. The fourth-order valence-electron chi connectivity index (χ4n) is 3.41. The summed E-state index contributed by atoms with van der Waals surface area (Å²) in [6.07, 6.45) is 1.07. The smallest absolute Gasteiger partial charge is 0.344 e. The van der Waals surface area contributed by atoms with Crippen molar-refractivity contribution in [1.29, 1.82) is 0 Å². The third kappa shape index (κ3) is 7.29. The molecule has 2 heterocycles. The molecule has 0 unspecified atom stereocenters. The van der Waals surface area contributed by atoms with E-state index in [1.54, 1.807) is 14.2 Å². The van der Waals surface area contributed by atoms with Crippen molar-refractivity contribution in [1.82, 2.24) is 29.5 Å². The van der Waals surface area contributed by atoms with Crippen LogP contribution in [0, 0.1) is 0 Å². The van der Waals surface area contributed by atoms with Gasteiger partial charge in [0.15, 0.2) is 4.60 Å². The Hall–Kier alpha value is -4.46. The minimum Gasteiger partial charge on any atom is -0.496 e. The van der Waals surface area contributed by atoms with Crippen LogP contribution in [0.5, 0.6) is 17.4 Å². The number of hydrogen-bond donors (Lipinski definition) is 3. The van der Waals surface area contributed by atoms with Crippen molar-refractivity contribution in [3.8, 4) is 17.4 Å². The zero-order valence-corrected chi connectivity index (χ0v) is 22.1. The molecule has 0 spiro atoms. The predicted octanol–water partition coefficient (Wildman–Crippen LogP) is 0.834. The van der Waals surface area contributed by atoms with Crippen LogP contribution in [0.2, 0.25) is 0 Å². The lowest BCUT2D eigenvalue weighted by atomic mass is 10.1. The summed E-state index contributed by atoms with van der Waals surface area (Å²) >= 11 is 3.00. The van der Waals surface area contributed by atoms with Crippen molar-refractivity contribution in [3.05, 3.63) is 106 Å². The van der Waals surface area contributed by atoms with Gasteiger partial charge in [-0.05, 0) is 52.0 Å². The Kier molecular flexibility index (Phi) is 9.76. The van der Waals surface area contributed by atoms with E-state index >= 15 is 0 Å². The molecule has 0 amide bonds. The fourth-order valence-corrected chi connectivity index (χ4v) is 3.70. The molecule has 4 rings (SSSR count). The van der Waals surface area contributed by atoms with Gasteiger partial charge in [-0.25, -0.2) is 19.0 Å². The standard InChI is InChI=1S/C12H12BrN3O3.C12H13N3O4/c1-19-9-5-3-2-4-8(9)6-7-16-12(18)14-11(17)10(13)15-16;1-19-9-5-3-2-4-8(9)6-7-15-12(18)13-10(16)11(17)14-15/h2-5H,6-7H2,1H3,(H,14,17,18);2-5H,6-7H2,1H3,(H,14,17)(H,13,16,18). The van der Waals surface area contributed by atoms with Gasteiger partial charge in [-0.2, -0.15) is 5.10 Å². The number of methoxy groups -OCH3 is 2. The van der Waals surface area contributed by atoms with E-state index < -0.39 is 28.4 Å². The monoisotopic (exact) mass is 588 g/mol. The van der Waals surface area contributed by atoms with Crippen molar-refractivity contribution < 1.29 is 14.6 Å². The molecule has 0 saturated carbocycles. The summed E-state index contributed by atoms with van der Waals surface area (Å²) < 4.78 is 12.7. The molecule has 2 aromatic carbocycles. The second kappa shape index (κ2) is 13.2. The molecule has 200 valence electrons. The third-order valence-corrected chi connectivity index (χ3v) is 5.81. The quantitative estimate of drug-likeness (QED) is 0.269. The Morgan fingerprint density at radius 3 is 1.71 bits per heavy atom. The van der Waals surface area contributed by atoms with Gasteiger partial charge in [0.2, 0.25) is 0 Å². The molecular formula is C24H25BrN6O7. The van der Waals surface area contributed by atoms with E-state index in [2.05, 4.69) is 31.1 Å². The number of aromatic hydroxyl groups is 1. The summed E-state index contributed by atoms with van der Waals surface area (Å²) in [6.45, 7) is 0.581. The first-order valence-corrected chi connectivity index (χ1v) is 12.0. The van der Waals surface area contributed by atoms with Gasteiger partial charge in [-0.15, -0.1) is 5.10 Å². The highest BCUT2D eigenvalue weighted by atomic mass is 79.9. The van der Waals surface area contributed by atoms with Gasteiger partial charge >= 0.3 is 16.9 Å². The Balaban J connectivity index is 0.000000211. The summed E-state index contributed by atoms with van der Waals surface area (Å²) in [6, 6.07) is 14.9. The molecule has 0 aliphatic heterocycles. The van der Waals surface area contributed by atoms with Crippen molar-refractivity contribution in [2.24, 2.45) is 0 Å². The zero-order valence-electron chi connectivity index (χ0n) is 20.5. The fraction of sp³-hybridized carbons (Fsp3) is 0.250. The molecule has 14 heteroatoms. The average molecular weight is 589 g/mol. The van der Waals surface area contributed by atoms with Crippen molar-refractivity contribution in [3.63, 3.8) is 0 Å². The topological polar surface area (TPSA) is 174 Å². The van der Waals surface area contributed by atoms with Crippen molar-refractivity contribution in [2.75, 3.05) is 14.2 Å². The number of aryl methyl sites for hydroxylation is 4. The molecule has 0 fully saturated rings. The van der Waals surface area contributed by atoms with Gasteiger partial charge in [0, 0.05) is 0 Å². The first-order chi connectivity index (χ1) is 18.2. The molecule has 13 nitrogen and oxygen atoms in total. The SMILES string of the molecule is COc1ccccc1CCn1nc(Br)c(=O)[nH]c1=O.COc1ccccc1CCn1nc(O)c(=O)[nH]c1=O. The number of benzene rings is 2. The predicted molar refractivity (Wildman–Crippen MR) is 141 cm³/mol. The summed E-state index contributed by atoms with van der Waals surface area (Å²) in [5.41, 5.74) is -0.719. The molecule has 2 aromatic heterocycles. The lowest BCUT2D eigenvalue weighted by Crippen LogP contribution is -2.33. The van der Waals surface area contributed by atoms with Crippen LogP contribution < -0.4 is 32.0 Å². The molecule has 0 bridgehead atoms. The molecule has 3 N–H and O–H groups in total. The molecule has 38 heavy (non-hydrogen) atoms. The van der Waals surface area contributed by atoms with Crippen LogP contribution in [0.4, 0.5) is 0 Å². The van der Waals surface area contributed by atoms with Crippen LogP contribution in [-0.4, -0.2) is 48.9 Å². The lowest BCUT2D eigenvalue weighted by Gasteiger charge is -2.08. The number of H-pyrrole nitrogens is 2. The summed E-state index contributed by atoms with van der Waals surface area (Å²) in [5, 5.41) is 16.6. The lowest BCUT2D eigenvalue weighted by molar-refractivity contribution is 0.395. The van der Waals surface area contributed by atoms with Gasteiger partial charge in [0.1, 0.15) is 11.5 Å². The largest absolute Gasteiger partial charge is 0.496 e. The van der Waals surface area contributed by atoms with Crippen LogP contribution in [0.1, 0.15) is 11.1 Å². The van der Waals surface area contributed by atoms with Gasteiger partial charge in [-0.1, -0.05) is 36.4 Å². The van der Waals surface area contributed by atoms with Gasteiger partial charge in [0.05, 0.1) is 27.3 Å². The molecule has 0 aliphatic rings. The average Bonchev–Trinajstić information content (AvgIpc) is 2.92. The Morgan fingerprint density at radius 2 is 1.21 bits per heavy atom. The first-order valence-electron chi connectivity index (χ1n) is 11.2. The van der Waals surface area contributed by atoms with Gasteiger partial charge in [0.25, 0.3) is 11.4 Å². The van der Waals surface area contributed by atoms with Crippen LogP contribution in [0.25, 0.3) is 0 Å². The summed E-state index contributed by atoms with van der Waals surface area (Å²) in [5.74, 6) is 0.753. The van der Waals surface area contributed by atoms with Gasteiger partial charge in [-0.3, -0.25) is 19.6 Å². The van der Waals surface area contributed by atoms with Crippen molar-refractivity contribution >= 4 is 15.9 Å². The normalized spacial score (nSPS) is 10.4. The second-order valence-electron chi connectivity index (χ2n) is 7.70. The maximum absolute atomic E-state index is 11.6. The van der Waals surface area contributed by atoms with E-state index in [-0.39, 0.29) is 11.1 Å². The molecule has 0 atom stereocenters. The highest BCUT2D eigenvalue weighted by molar-refractivity contribution is 9.10. The highest BCUT2D eigenvalue weighted by Crippen LogP contribution is 2.18. The van der Waals surface area contributed by atoms with E-state index in [9.17, 15) is 24.3 Å². The van der Waals surface area contributed by atoms with Crippen LogP contribution in [-0.2, 0) is 25.9 Å². The number of para-hydroxylation sites is 2. The number of hydrogen-bond acceptors (Lipinski definition) is 9. The second-order valence-corrected chi connectivity index (χ2v) is 8.45. The summed E-state index contributed by atoms with van der Waals surface area (Å²) in [4.78, 5) is 49.3. The molecular weight excluding hydrogens is 564 g/mol. The molecule has 0 saturated heterocycles. The molecule has 0 radical (unpaired) electrons. The number of aromatic amines is 2. The number of nitrogens with one attached hydrogen (secondary N) is 2. The minimum absolute atomic E-state index is 0.0899. The maximum atomic E-state index is 11.6. The van der Waals surface area contributed by atoms with Crippen LogP contribution in [0.3, 0.4) is 0 Å². The molecule has 4 aromatic rings. The summed E-state index contributed by atoms with van der Waals surface area (Å²) in [7, 11) is 3.16. The number of aromatic nitrogens is 6. The third-order valence-electron chi connectivity index (χ3n) is 5.30. The van der Waals surface area contributed by atoms with Crippen LogP contribution >= 0.6 is 15.9 Å².